The van der Waals surface area contributed by atoms with Crippen LogP contribution >= 0.6 is 0 Å². The van der Waals surface area contributed by atoms with E-state index in [0.29, 0.717) is 28.9 Å². The predicted molar refractivity (Wildman–Crippen MR) is 88.0 cm³/mol. The van der Waals surface area contributed by atoms with E-state index in [0.717, 1.165) is 25.8 Å². The SMILES string of the molecule is CC(C)CCN(C(=O)c1ccc(N)cc1N)C1CCCC1. The summed E-state index contributed by atoms with van der Waals surface area (Å²) in [6.07, 6.45) is 5.68. The number of nitrogens with zero attached hydrogens (tertiary/aromatic N) is 1. The third-order valence-corrected chi connectivity index (χ3v) is 4.28. The van der Waals surface area contributed by atoms with Gasteiger partial charge in [-0.15, -0.1) is 0 Å². The Morgan fingerprint density at radius 2 is 1.95 bits per heavy atom. The summed E-state index contributed by atoms with van der Waals surface area (Å²) in [6, 6.07) is 5.54. The van der Waals surface area contributed by atoms with Gasteiger partial charge in [0.15, 0.2) is 0 Å². The summed E-state index contributed by atoms with van der Waals surface area (Å²) in [5.74, 6) is 0.644. The zero-order chi connectivity index (χ0) is 15.4. The number of nitrogen functional groups attached to an aromatic ring is 2. The molecule has 1 saturated carbocycles. The van der Waals surface area contributed by atoms with Crippen molar-refractivity contribution in [3.05, 3.63) is 23.8 Å². The third kappa shape index (κ3) is 3.90. The number of carbonyl (C=O) groups is 1. The van der Waals surface area contributed by atoms with Gasteiger partial charge in [0.1, 0.15) is 0 Å². The Morgan fingerprint density at radius 3 is 2.52 bits per heavy atom. The van der Waals surface area contributed by atoms with Crippen LogP contribution in [0.15, 0.2) is 18.2 Å². The summed E-state index contributed by atoms with van der Waals surface area (Å²) in [5.41, 5.74) is 13.4. The van der Waals surface area contributed by atoms with E-state index in [4.69, 9.17) is 11.5 Å². The molecule has 0 bridgehead atoms. The molecule has 1 fully saturated rings. The lowest BCUT2D eigenvalue weighted by molar-refractivity contribution is 0.0673. The first-order valence-corrected chi connectivity index (χ1v) is 7.95. The fourth-order valence-electron chi connectivity index (χ4n) is 2.99. The first-order valence-electron chi connectivity index (χ1n) is 7.95. The number of carbonyl (C=O) groups excluding carboxylic acids is 1. The molecule has 4 nitrogen and oxygen atoms in total. The second-order valence-corrected chi connectivity index (χ2v) is 6.47. The molecular formula is C17H27N3O. The monoisotopic (exact) mass is 289 g/mol. The molecule has 0 saturated heterocycles. The topological polar surface area (TPSA) is 72.3 Å². The molecule has 116 valence electrons. The highest BCUT2D eigenvalue weighted by Crippen LogP contribution is 2.27. The van der Waals surface area contributed by atoms with E-state index in [-0.39, 0.29) is 5.91 Å². The largest absolute Gasteiger partial charge is 0.399 e. The first kappa shape index (κ1) is 15.7. The fraction of sp³-hybridized carbons (Fsp3) is 0.588. The number of anilines is 2. The third-order valence-electron chi connectivity index (χ3n) is 4.28. The Hall–Kier alpha value is -1.71. The quantitative estimate of drug-likeness (QED) is 0.817. The number of amides is 1. The van der Waals surface area contributed by atoms with Gasteiger partial charge in [0.05, 0.1) is 5.56 Å². The van der Waals surface area contributed by atoms with Crippen LogP contribution in [0.25, 0.3) is 0 Å². The van der Waals surface area contributed by atoms with E-state index in [1.165, 1.54) is 12.8 Å². The van der Waals surface area contributed by atoms with E-state index < -0.39 is 0 Å². The maximum Gasteiger partial charge on any atom is 0.256 e. The van der Waals surface area contributed by atoms with Crippen molar-refractivity contribution in [3.8, 4) is 0 Å². The maximum absolute atomic E-state index is 12.9. The molecule has 4 N–H and O–H groups in total. The van der Waals surface area contributed by atoms with Crippen molar-refractivity contribution >= 4 is 17.3 Å². The molecule has 0 aliphatic heterocycles. The van der Waals surface area contributed by atoms with Crippen molar-refractivity contribution in [2.75, 3.05) is 18.0 Å². The first-order chi connectivity index (χ1) is 9.99. The van der Waals surface area contributed by atoms with Gasteiger partial charge in [-0.3, -0.25) is 4.79 Å². The molecule has 0 radical (unpaired) electrons. The normalized spacial score (nSPS) is 15.6. The van der Waals surface area contributed by atoms with Crippen LogP contribution < -0.4 is 11.5 Å². The van der Waals surface area contributed by atoms with Crippen LogP contribution in [0.1, 0.15) is 56.3 Å². The highest BCUT2D eigenvalue weighted by atomic mass is 16.2. The molecule has 0 aromatic heterocycles. The lowest BCUT2D eigenvalue weighted by atomic mass is 10.1. The second-order valence-electron chi connectivity index (χ2n) is 6.47. The van der Waals surface area contributed by atoms with Gasteiger partial charge in [0.2, 0.25) is 0 Å². The minimum atomic E-state index is 0.0556. The molecule has 2 rings (SSSR count). The lowest BCUT2D eigenvalue weighted by Crippen LogP contribution is -2.40. The highest BCUT2D eigenvalue weighted by Gasteiger charge is 2.28. The minimum Gasteiger partial charge on any atom is -0.399 e. The van der Waals surface area contributed by atoms with Gasteiger partial charge in [-0.2, -0.15) is 0 Å². The number of nitrogens with two attached hydrogens (primary N) is 2. The number of hydrogen-bond acceptors (Lipinski definition) is 3. The van der Waals surface area contributed by atoms with Crippen LogP contribution in [0.5, 0.6) is 0 Å². The smallest absolute Gasteiger partial charge is 0.256 e. The molecular weight excluding hydrogens is 262 g/mol. The Morgan fingerprint density at radius 1 is 1.29 bits per heavy atom. The summed E-state index contributed by atoms with van der Waals surface area (Å²) in [6.45, 7) is 5.19. The number of benzene rings is 1. The Kier molecular flexibility index (Phi) is 5.10. The van der Waals surface area contributed by atoms with Gasteiger partial charge in [-0.25, -0.2) is 0 Å². The van der Waals surface area contributed by atoms with Crippen LogP contribution in [0.4, 0.5) is 11.4 Å². The Labute approximate surface area is 127 Å². The summed E-state index contributed by atoms with van der Waals surface area (Å²) in [7, 11) is 0. The predicted octanol–water partition coefficient (Wildman–Crippen LogP) is 3.28. The van der Waals surface area contributed by atoms with Gasteiger partial charge in [-0.05, 0) is 43.4 Å². The second kappa shape index (κ2) is 6.83. The van der Waals surface area contributed by atoms with Gasteiger partial charge < -0.3 is 16.4 Å². The van der Waals surface area contributed by atoms with Gasteiger partial charge in [-0.1, -0.05) is 26.7 Å². The molecule has 0 atom stereocenters. The van der Waals surface area contributed by atoms with Gasteiger partial charge >= 0.3 is 0 Å². The van der Waals surface area contributed by atoms with Crippen LogP contribution in [0, 0.1) is 5.92 Å². The van der Waals surface area contributed by atoms with Crippen molar-refractivity contribution in [2.45, 2.75) is 52.0 Å². The molecule has 1 aliphatic rings. The molecule has 1 aliphatic carbocycles. The van der Waals surface area contributed by atoms with Crippen LogP contribution in [-0.2, 0) is 0 Å². The molecule has 1 aromatic rings. The van der Waals surface area contributed by atoms with E-state index in [1.54, 1.807) is 18.2 Å². The van der Waals surface area contributed by atoms with Crippen molar-refractivity contribution < 1.29 is 4.79 Å². The van der Waals surface area contributed by atoms with Crippen molar-refractivity contribution in [2.24, 2.45) is 5.92 Å². The average molecular weight is 289 g/mol. The summed E-state index contributed by atoms with van der Waals surface area (Å²) >= 11 is 0. The maximum atomic E-state index is 12.9. The molecule has 0 unspecified atom stereocenters. The fourth-order valence-corrected chi connectivity index (χ4v) is 2.99. The highest BCUT2D eigenvalue weighted by molar-refractivity contribution is 5.99. The van der Waals surface area contributed by atoms with E-state index in [9.17, 15) is 4.79 Å². The molecule has 1 aromatic carbocycles. The molecule has 1 amide bonds. The lowest BCUT2D eigenvalue weighted by Gasteiger charge is -2.30. The number of rotatable bonds is 5. The van der Waals surface area contributed by atoms with Crippen LogP contribution in [-0.4, -0.2) is 23.4 Å². The Balaban J connectivity index is 2.19. The van der Waals surface area contributed by atoms with Crippen molar-refractivity contribution in [3.63, 3.8) is 0 Å². The molecule has 0 heterocycles. The van der Waals surface area contributed by atoms with Crippen molar-refractivity contribution in [1.82, 2.24) is 4.90 Å². The zero-order valence-electron chi connectivity index (χ0n) is 13.1. The van der Waals surface area contributed by atoms with Crippen LogP contribution in [0.3, 0.4) is 0 Å². The van der Waals surface area contributed by atoms with E-state index >= 15 is 0 Å². The minimum absolute atomic E-state index is 0.0556. The summed E-state index contributed by atoms with van der Waals surface area (Å²) in [4.78, 5) is 14.9. The van der Waals surface area contributed by atoms with E-state index in [1.807, 2.05) is 4.90 Å². The summed E-state index contributed by atoms with van der Waals surface area (Å²) in [5, 5.41) is 0. The molecule has 21 heavy (non-hydrogen) atoms. The standard InChI is InChI=1S/C17H27N3O/c1-12(2)9-10-20(14-5-3-4-6-14)17(21)15-8-7-13(18)11-16(15)19/h7-8,11-12,14H,3-6,9-10,18-19H2,1-2H3. The van der Waals surface area contributed by atoms with Gasteiger partial charge in [0, 0.05) is 24.0 Å². The van der Waals surface area contributed by atoms with Crippen molar-refractivity contribution in [1.29, 1.82) is 0 Å². The Bertz CT molecular complexity index is 493. The zero-order valence-corrected chi connectivity index (χ0v) is 13.1. The van der Waals surface area contributed by atoms with Gasteiger partial charge in [0.25, 0.3) is 5.91 Å². The van der Waals surface area contributed by atoms with E-state index in [2.05, 4.69) is 13.8 Å². The molecule has 0 spiro atoms. The van der Waals surface area contributed by atoms with Crippen LogP contribution in [0.2, 0.25) is 0 Å². The molecule has 4 heteroatoms. The number of hydrogen-bond donors (Lipinski definition) is 2. The average Bonchev–Trinajstić information content (AvgIpc) is 2.92. The summed E-state index contributed by atoms with van der Waals surface area (Å²) < 4.78 is 0.